The summed E-state index contributed by atoms with van der Waals surface area (Å²) >= 11 is 0. The van der Waals surface area contributed by atoms with Gasteiger partial charge in [0.1, 0.15) is 5.69 Å². The molecule has 0 aliphatic carbocycles. The van der Waals surface area contributed by atoms with E-state index < -0.39 is 0 Å². The SMILES string of the molecule is CN(Cc1cnn(-c2ccccc2)c1)C(=O)CCc1nc(-c2ccccc2)c(-c2ccccc2)o1. The molecule has 1 amide bonds. The summed E-state index contributed by atoms with van der Waals surface area (Å²) in [5.74, 6) is 1.31. The van der Waals surface area contributed by atoms with E-state index in [1.807, 2.05) is 109 Å². The first-order chi connectivity index (χ1) is 17.2. The van der Waals surface area contributed by atoms with Crippen LogP contribution in [-0.4, -0.2) is 32.6 Å². The number of hydrogen-bond acceptors (Lipinski definition) is 4. The Morgan fingerprint density at radius 2 is 1.51 bits per heavy atom. The number of carbonyl (C=O) groups is 1. The first-order valence-electron chi connectivity index (χ1n) is 11.6. The average Bonchev–Trinajstić information content (AvgIpc) is 3.56. The maximum Gasteiger partial charge on any atom is 0.223 e. The number of nitrogens with zero attached hydrogens (tertiary/aromatic N) is 4. The molecule has 5 aromatic rings. The minimum Gasteiger partial charge on any atom is -0.440 e. The maximum absolute atomic E-state index is 12.9. The molecule has 0 aliphatic rings. The highest BCUT2D eigenvalue weighted by Gasteiger charge is 2.18. The number of aromatic nitrogens is 3. The zero-order valence-electron chi connectivity index (χ0n) is 19.5. The third-order valence-electron chi connectivity index (χ3n) is 5.81. The van der Waals surface area contributed by atoms with Crippen LogP contribution < -0.4 is 0 Å². The van der Waals surface area contributed by atoms with Crippen molar-refractivity contribution in [3.63, 3.8) is 0 Å². The van der Waals surface area contributed by atoms with Crippen LogP contribution in [0, 0.1) is 0 Å². The van der Waals surface area contributed by atoms with Gasteiger partial charge in [-0.25, -0.2) is 9.67 Å². The summed E-state index contributed by atoms with van der Waals surface area (Å²) in [4.78, 5) is 19.3. The van der Waals surface area contributed by atoms with E-state index in [4.69, 9.17) is 9.40 Å². The van der Waals surface area contributed by atoms with Crippen molar-refractivity contribution in [3.05, 3.63) is 115 Å². The van der Waals surface area contributed by atoms with E-state index in [0.29, 0.717) is 25.3 Å². The van der Waals surface area contributed by atoms with Crippen molar-refractivity contribution in [1.29, 1.82) is 0 Å². The van der Waals surface area contributed by atoms with Crippen molar-refractivity contribution in [2.45, 2.75) is 19.4 Å². The number of benzene rings is 3. The second-order valence-electron chi connectivity index (χ2n) is 8.40. The van der Waals surface area contributed by atoms with Gasteiger partial charge in [-0.1, -0.05) is 78.9 Å². The van der Waals surface area contributed by atoms with Crippen LogP contribution in [0.1, 0.15) is 17.9 Å². The zero-order chi connectivity index (χ0) is 24.0. The Morgan fingerprint density at radius 3 is 2.20 bits per heavy atom. The van der Waals surface area contributed by atoms with Gasteiger partial charge in [0.25, 0.3) is 0 Å². The lowest BCUT2D eigenvalue weighted by Gasteiger charge is -2.15. The first kappa shape index (κ1) is 22.3. The molecule has 6 heteroatoms. The highest BCUT2D eigenvalue weighted by atomic mass is 16.4. The standard InChI is InChI=1S/C29H26N4O2/c1-32(20-22-19-30-33(21-22)25-15-9-4-10-16-25)27(34)18-17-26-31-28(23-11-5-2-6-12-23)29(35-26)24-13-7-3-8-14-24/h2-16,19,21H,17-18,20H2,1H3. The van der Waals surface area contributed by atoms with E-state index >= 15 is 0 Å². The molecule has 5 rings (SSSR count). The second kappa shape index (κ2) is 10.2. The number of carbonyl (C=O) groups excluding carboxylic acids is 1. The van der Waals surface area contributed by atoms with E-state index in [1.54, 1.807) is 11.1 Å². The smallest absolute Gasteiger partial charge is 0.223 e. The van der Waals surface area contributed by atoms with E-state index in [-0.39, 0.29) is 5.91 Å². The fourth-order valence-electron chi connectivity index (χ4n) is 3.98. The number of rotatable bonds is 8. The largest absolute Gasteiger partial charge is 0.440 e. The predicted molar refractivity (Wildman–Crippen MR) is 136 cm³/mol. The third-order valence-corrected chi connectivity index (χ3v) is 5.81. The summed E-state index contributed by atoms with van der Waals surface area (Å²) < 4.78 is 7.98. The fourth-order valence-corrected chi connectivity index (χ4v) is 3.98. The number of para-hydroxylation sites is 1. The molecule has 2 aromatic heterocycles. The molecular weight excluding hydrogens is 436 g/mol. The van der Waals surface area contributed by atoms with Crippen LogP contribution in [0.2, 0.25) is 0 Å². The number of hydrogen-bond donors (Lipinski definition) is 0. The Kier molecular flexibility index (Phi) is 6.52. The van der Waals surface area contributed by atoms with Gasteiger partial charge in [0.15, 0.2) is 11.7 Å². The summed E-state index contributed by atoms with van der Waals surface area (Å²) in [6.07, 6.45) is 4.49. The van der Waals surface area contributed by atoms with Gasteiger partial charge < -0.3 is 9.32 Å². The molecule has 0 fully saturated rings. The van der Waals surface area contributed by atoms with E-state index in [1.165, 1.54) is 0 Å². The molecule has 2 heterocycles. The van der Waals surface area contributed by atoms with Crippen LogP contribution in [0.3, 0.4) is 0 Å². The Labute approximate surface area is 204 Å². The Hall–Kier alpha value is -4.45. The van der Waals surface area contributed by atoms with Crippen LogP contribution >= 0.6 is 0 Å². The summed E-state index contributed by atoms with van der Waals surface area (Å²) in [6.45, 7) is 0.488. The van der Waals surface area contributed by atoms with E-state index in [9.17, 15) is 4.79 Å². The van der Waals surface area contributed by atoms with Crippen molar-refractivity contribution in [3.8, 4) is 28.3 Å². The molecule has 3 aromatic carbocycles. The summed E-state index contributed by atoms with van der Waals surface area (Å²) in [5.41, 5.74) is 4.70. The molecule has 0 radical (unpaired) electrons. The van der Waals surface area contributed by atoms with Gasteiger partial charge in [-0.15, -0.1) is 0 Å². The molecule has 0 aliphatic heterocycles. The van der Waals surface area contributed by atoms with Crippen molar-refractivity contribution < 1.29 is 9.21 Å². The van der Waals surface area contributed by atoms with Crippen LogP contribution in [0.5, 0.6) is 0 Å². The molecule has 0 bridgehead atoms. The molecule has 35 heavy (non-hydrogen) atoms. The molecule has 0 saturated carbocycles. The summed E-state index contributed by atoms with van der Waals surface area (Å²) in [6, 6.07) is 29.8. The minimum absolute atomic E-state index is 0.0261. The monoisotopic (exact) mass is 462 g/mol. The lowest BCUT2D eigenvalue weighted by molar-refractivity contribution is -0.130. The van der Waals surface area contributed by atoms with Gasteiger partial charge in [-0.3, -0.25) is 4.79 Å². The van der Waals surface area contributed by atoms with Crippen LogP contribution in [0.25, 0.3) is 28.3 Å². The molecular formula is C29H26N4O2. The molecule has 0 unspecified atom stereocenters. The lowest BCUT2D eigenvalue weighted by Crippen LogP contribution is -2.26. The highest BCUT2D eigenvalue weighted by molar-refractivity contribution is 5.78. The summed E-state index contributed by atoms with van der Waals surface area (Å²) in [7, 11) is 1.81. The van der Waals surface area contributed by atoms with Crippen LogP contribution in [0.15, 0.2) is 108 Å². The van der Waals surface area contributed by atoms with E-state index in [0.717, 1.165) is 33.8 Å². The molecule has 0 atom stereocenters. The van der Waals surface area contributed by atoms with Gasteiger partial charge in [-0.05, 0) is 12.1 Å². The minimum atomic E-state index is 0.0261. The quantitative estimate of drug-likeness (QED) is 0.293. The molecule has 174 valence electrons. The summed E-state index contributed by atoms with van der Waals surface area (Å²) in [5, 5.41) is 4.42. The third kappa shape index (κ3) is 5.22. The van der Waals surface area contributed by atoms with Gasteiger partial charge in [0.2, 0.25) is 5.91 Å². The average molecular weight is 463 g/mol. The zero-order valence-corrected chi connectivity index (χ0v) is 19.5. The van der Waals surface area contributed by atoms with Gasteiger partial charge >= 0.3 is 0 Å². The van der Waals surface area contributed by atoms with Gasteiger partial charge in [0, 0.05) is 49.3 Å². The number of aryl methyl sites for hydroxylation is 1. The fraction of sp³-hybridized carbons (Fsp3) is 0.138. The molecule has 0 N–H and O–H groups in total. The van der Waals surface area contributed by atoms with Crippen molar-refractivity contribution >= 4 is 5.91 Å². The van der Waals surface area contributed by atoms with Crippen molar-refractivity contribution in [2.75, 3.05) is 7.05 Å². The molecule has 0 spiro atoms. The topological polar surface area (TPSA) is 64.2 Å². The first-order valence-corrected chi connectivity index (χ1v) is 11.6. The molecule has 0 saturated heterocycles. The maximum atomic E-state index is 12.9. The van der Waals surface area contributed by atoms with Crippen LogP contribution in [0.4, 0.5) is 0 Å². The Balaban J connectivity index is 1.26. The predicted octanol–water partition coefficient (Wildman–Crippen LogP) is 5.79. The highest BCUT2D eigenvalue weighted by Crippen LogP contribution is 2.32. The number of oxazole rings is 1. The van der Waals surface area contributed by atoms with E-state index in [2.05, 4.69) is 5.10 Å². The van der Waals surface area contributed by atoms with Gasteiger partial charge in [-0.2, -0.15) is 5.10 Å². The van der Waals surface area contributed by atoms with Crippen molar-refractivity contribution in [2.24, 2.45) is 0 Å². The lowest BCUT2D eigenvalue weighted by atomic mass is 10.1. The van der Waals surface area contributed by atoms with Crippen LogP contribution in [-0.2, 0) is 17.8 Å². The Bertz CT molecular complexity index is 1340. The normalized spacial score (nSPS) is 10.9. The molecule has 6 nitrogen and oxygen atoms in total. The van der Waals surface area contributed by atoms with Gasteiger partial charge in [0.05, 0.1) is 11.9 Å². The number of amides is 1. The second-order valence-corrected chi connectivity index (χ2v) is 8.40. The van der Waals surface area contributed by atoms with Crippen molar-refractivity contribution in [1.82, 2.24) is 19.7 Å². The Morgan fingerprint density at radius 1 is 0.886 bits per heavy atom.